The van der Waals surface area contributed by atoms with Crippen LogP contribution in [0.3, 0.4) is 0 Å². The Morgan fingerprint density at radius 2 is 1.82 bits per heavy atom. The van der Waals surface area contributed by atoms with Crippen LogP contribution in [-0.2, 0) is 7.05 Å². The number of carbonyl (C=O) groups is 1. The SMILES string of the molecule is COc1ccc(Oc2cc(NC(=O)c3cn(C)nc3C)cc([N+](=O)[O-])c2)cc1. The summed E-state index contributed by atoms with van der Waals surface area (Å²) in [7, 11) is 3.26. The van der Waals surface area contributed by atoms with Crippen LogP contribution in [0.4, 0.5) is 11.4 Å². The van der Waals surface area contributed by atoms with Crippen LogP contribution in [0.2, 0.25) is 0 Å². The number of ether oxygens (including phenoxy) is 2. The van der Waals surface area contributed by atoms with Crippen LogP contribution >= 0.6 is 0 Å². The summed E-state index contributed by atoms with van der Waals surface area (Å²) < 4.78 is 12.3. The van der Waals surface area contributed by atoms with Gasteiger partial charge < -0.3 is 14.8 Å². The molecule has 0 saturated carbocycles. The van der Waals surface area contributed by atoms with Gasteiger partial charge in [-0.05, 0) is 31.2 Å². The second kappa shape index (κ2) is 7.78. The molecule has 0 bridgehead atoms. The summed E-state index contributed by atoms with van der Waals surface area (Å²) in [6, 6.07) is 10.8. The average Bonchev–Trinajstić information content (AvgIpc) is 3.00. The molecule has 0 radical (unpaired) electrons. The zero-order valence-electron chi connectivity index (χ0n) is 15.5. The summed E-state index contributed by atoms with van der Waals surface area (Å²) in [5.74, 6) is 0.937. The summed E-state index contributed by atoms with van der Waals surface area (Å²) in [5, 5.41) is 18.0. The quantitative estimate of drug-likeness (QED) is 0.514. The van der Waals surface area contributed by atoms with Crippen molar-refractivity contribution >= 4 is 17.3 Å². The van der Waals surface area contributed by atoms with Gasteiger partial charge in [0.25, 0.3) is 11.6 Å². The zero-order chi connectivity index (χ0) is 20.3. The zero-order valence-corrected chi connectivity index (χ0v) is 15.5. The first kappa shape index (κ1) is 18.9. The molecule has 0 aliphatic carbocycles. The van der Waals surface area contributed by atoms with Gasteiger partial charge in [-0.1, -0.05) is 0 Å². The van der Waals surface area contributed by atoms with Crippen molar-refractivity contribution in [3.63, 3.8) is 0 Å². The molecule has 0 saturated heterocycles. The van der Waals surface area contributed by atoms with Crippen molar-refractivity contribution in [1.29, 1.82) is 0 Å². The number of nitro benzene ring substituents is 1. The molecule has 9 heteroatoms. The van der Waals surface area contributed by atoms with E-state index in [0.29, 0.717) is 22.8 Å². The van der Waals surface area contributed by atoms with Gasteiger partial charge in [-0.3, -0.25) is 19.6 Å². The number of methoxy groups -OCH3 is 1. The van der Waals surface area contributed by atoms with Crippen LogP contribution in [0.15, 0.2) is 48.7 Å². The predicted molar refractivity (Wildman–Crippen MR) is 102 cm³/mol. The molecule has 1 N–H and O–H groups in total. The Labute approximate surface area is 160 Å². The molecule has 3 rings (SSSR count). The Morgan fingerprint density at radius 3 is 2.39 bits per heavy atom. The molecule has 0 fully saturated rings. The van der Waals surface area contributed by atoms with E-state index in [1.54, 1.807) is 51.5 Å². The molecule has 0 unspecified atom stereocenters. The Bertz CT molecular complexity index is 1030. The maximum Gasteiger partial charge on any atom is 0.275 e. The molecule has 2 aromatic carbocycles. The fourth-order valence-electron chi connectivity index (χ4n) is 2.62. The van der Waals surface area contributed by atoms with E-state index in [4.69, 9.17) is 9.47 Å². The normalized spacial score (nSPS) is 10.4. The maximum atomic E-state index is 12.5. The minimum Gasteiger partial charge on any atom is -0.497 e. The number of benzene rings is 2. The van der Waals surface area contributed by atoms with Gasteiger partial charge in [0, 0.05) is 25.4 Å². The molecule has 1 heterocycles. The van der Waals surface area contributed by atoms with Crippen molar-refractivity contribution < 1.29 is 19.2 Å². The van der Waals surface area contributed by atoms with E-state index in [-0.39, 0.29) is 17.1 Å². The van der Waals surface area contributed by atoms with E-state index in [0.717, 1.165) is 0 Å². The minimum atomic E-state index is -0.550. The number of amides is 1. The van der Waals surface area contributed by atoms with Gasteiger partial charge >= 0.3 is 0 Å². The molecule has 3 aromatic rings. The standard InChI is InChI=1S/C19H18N4O5/c1-12-18(11-22(2)21-12)19(24)20-13-8-14(23(25)26)10-17(9-13)28-16-6-4-15(27-3)5-7-16/h4-11H,1-3H3,(H,20,24). The van der Waals surface area contributed by atoms with Gasteiger partial charge in [-0.15, -0.1) is 0 Å². The Balaban J connectivity index is 1.87. The first-order valence-electron chi connectivity index (χ1n) is 8.28. The number of hydrogen-bond acceptors (Lipinski definition) is 6. The third-order valence-electron chi connectivity index (χ3n) is 3.91. The number of aromatic nitrogens is 2. The van der Waals surface area contributed by atoms with Gasteiger partial charge in [-0.2, -0.15) is 5.10 Å². The number of nitro groups is 1. The van der Waals surface area contributed by atoms with E-state index in [9.17, 15) is 14.9 Å². The first-order chi connectivity index (χ1) is 13.4. The van der Waals surface area contributed by atoms with Crippen molar-refractivity contribution in [1.82, 2.24) is 9.78 Å². The predicted octanol–water partition coefficient (Wildman–Crippen LogP) is 3.69. The molecule has 1 aromatic heterocycles. The smallest absolute Gasteiger partial charge is 0.275 e. The molecule has 0 spiro atoms. The molecule has 0 aliphatic heterocycles. The Morgan fingerprint density at radius 1 is 1.14 bits per heavy atom. The summed E-state index contributed by atoms with van der Waals surface area (Å²) in [6.07, 6.45) is 1.58. The fourth-order valence-corrected chi connectivity index (χ4v) is 2.62. The van der Waals surface area contributed by atoms with E-state index in [1.165, 1.54) is 22.9 Å². The second-order valence-electron chi connectivity index (χ2n) is 6.01. The number of hydrogen-bond donors (Lipinski definition) is 1. The van der Waals surface area contributed by atoms with Crippen molar-refractivity contribution in [2.45, 2.75) is 6.92 Å². The third-order valence-corrected chi connectivity index (χ3v) is 3.91. The fraction of sp³-hybridized carbons (Fsp3) is 0.158. The monoisotopic (exact) mass is 382 g/mol. The van der Waals surface area contributed by atoms with Crippen molar-refractivity contribution in [3.8, 4) is 17.2 Å². The first-order valence-corrected chi connectivity index (χ1v) is 8.28. The van der Waals surface area contributed by atoms with Crippen LogP contribution < -0.4 is 14.8 Å². The second-order valence-corrected chi connectivity index (χ2v) is 6.01. The van der Waals surface area contributed by atoms with Gasteiger partial charge in [0.1, 0.15) is 17.2 Å². The summed E-state index contributed by atoms with van der Waals surface area (Å²) in [5.41, 5.74) is 0.974. The molecule has 28 heavy (non-hydrogen) atoms. The van der Waals surface area contributed by atoms with Crippen LogP contribution in [0.1, 0.15) is 16.1 Å². The molecule has 1 amide bonds. The van der Waals surface area contributed by atoms with Crippen LogP contribution in [0.25, 0.3) is 0 Å². The van der Waals surface area contributed by atoms with Crippen LogP contribution in [-0.4, -0.2) is 27.7 Å². The lowest BCUT2D eigenvalue weighted by Crippen LogP contribution is -2.12. The number of rotatable bonds is 6. The highest BCUT2D eigenvalue weighted by molar-refractivity contribution is 6.05. The maximum absolute atomic E-state index is 12.5. The van der Waals surface area contributed by atoms with Crippen LogP contribution in [0, 0.1) is 17.0 Å². The number of nitrogens with one attached hydrogen (secondary N) is 1. The molecular weight excluding hydrogens is 364 g/mol. The Hall–Kier alpha value is -3.88. The van der Waals surface area contributed by atoms with E-state index in [1.807, 2.05) is 0 Å². The number of nitrogens with zero attached hydrogens (tertiary/aromatic N) is 3. The lowest BCUT2D eigenvalue weighted by atomic mass is 10.2. The number of carbonyl (C=O) groups excluding carboxylic acids is 1. The average molecular weight is 382 g/mol. The molecule has 9 nitrogen and oxygen atoms in total. The van der Waals surface area contributed by atoms with Gasteiger partial charge in [0.05, 0.1) is 35.0 Å². The lowest BCUT2D eigenvalue weighted by Gasteiger charge is -2.10. The van der Waals surface area contributed by atoms with E-state index < -0.39 is 10.8 Å². The topological polar surface area (TPSA) is 109 Å². The largest absolute Gasteiger partial charge is 0.497 e. The summed E-state index contributed by atoms with van der Waals surface area (Å²) >= 11 is 0. The van der Waals surface area contributed by atoms with Gasteiger partial charge in [0.15, 0.2) is 0 Å². The highest BCUT2D eigenvalue weighted by Gasteiger charge is 2.16. The highest BCUT2D eigenvalue weighted by Crippen LogP contribution is 2.30. The van der Waals surface area contributed by atoms with Crippen molar-refractivity contribution in [3.05, 3.63) is 70.0 Å². The Kier molecular flexibility index (Phi) is 5.25. The molecular formula is C19H18N4O5. The van der Waals surface area contributed by atoms with Crippen molar-refractivity contribution in [2.75, 3.05) is 12.4 Å². The van der Waals surface area contributed by atoms with E-state index in [2.05, 4.69) is 10.4 Å². The lowest BCUT2D eigenvalue weighted by molar-refractivity contribution is -0.384. The number of anilines is 1. The van der Waals surface area contributed by atoms with Gasteiger partial charge in [-0.25, -0.2) is 0 Å². The van der Waals surface area contributed by atoms with Gasteiger partial charge in [0.2, 0.25) is 0 Å². The molecule has 0 aliphatic rings. The molecule has 144 valence electrons. The van der Waals surface area contributed by atoms with Crippen LogP contribution in [0.5, 0.6) is 17.2 Å². The summed E-state index contributed by atoms with van der Waals surface area (Å²) in [4.78, 5) is 23.2. The summed E-state index contributed by atoms with van der Waals surface area (Å²) in [6.45, 7) is 1.71. The highest BCUT2D eigenvalue weighted by atomic mass is 16.6. The third kappa shape index (κ3) is 4.26. The molecule has 0 atom stereocenters. The number of aryl methyl sites for hydroxylation is 2. The minimum absolute atomic E-state index is 0.204. The van der Waals surface area contributed by atoms with E-state index >= 15 is 0 Å². The van der Waals surface area contributed by atoms with Crippen molar-refractivity contribution in [2.24, 2.45) is 7.05 Å². The number of non-ortho nitro benzene ring substituents is 1.